The summed E-state index contributed by atoms with van der Waals surface area (Å²) in [6.45, 7) is 4.14. The highest BCUT2D eigenvalue weighted by molar-refractivity contribution is 7.22. The number of carbonyl (C=O) groups excluding carboxylic acids is 1. The molecule has 2 aliphatic rings. The highest BCUT2D eigenvalue weighted by atomic mass is 32.1. The first-order valence-electron chi connectivity index (χ1n) is 12.5. The molecule has 2 aromatic heterocycles. The second kappa shape index (κ2) is 10.8. The minimum absolute atomic E-state index is 0. The summed E-state index contributed by atoms with van der Waals surface area (Å²) in [5, 5.41) is 4.51. The summed E-state index contributed by atoms with van der Waals surface area (Å²) in [5.74, 6) is 0.669. The van der Waals surface area contributed by atoms with E-state index in [1.807, 2.05) is 35.2 Å². The van der Waals surface area contributed by atoms with Crippen molar-refractivity contribution in [3.8, 4) is 10.6 Å². The number of anilines is 2. The second-order valence-electron chi connectivity index (χ2n) is 9.38. The molecule has 2 aliphatic heterocycles. The Hall–Kier alpha value is -3.29. The molecule has 4 aromatic rings. The number of benzene rings is 2. The molecule has 0 aliphatic carbocycles. The van der Waals surface area contributed by atoms with Crippen molar-refractivity contribution in [2.75, 3.05) is 31.5 Å². The molecule has 0 spiro atoms. The number of likely N-dealkylation sites (tertiary alicyclic amines) is 2. The quantitative estimate of drug-likeness (QED) is 0.342. The summed E-state index contributed by atoms with van der Waals surface area (Å²) in [7, 11) is 0. The van der Waals surface area contributed by atoms with E-state index in [1.54, 1.807) is 17.5 Å². The first-order valence-corrected chi connectivity index (χ1v) is 13.3. The second-order valence-corrected chi connectivity index (χ2v) is 10.5. The largest absolute Gasteiger partial charge is 0.339 e. The standard InChI is InChI=1S/C28H29N5OS.CH4/c34-27(33-17-12-23(13-18-33)32-15-3-4-16-32)20-7-9-22(10-8-20)30-28-29-14-11-24(31-28)26-19-21-5-1-2-6-25(21)35-26;/h1-2,5-11,14,19,23H,3-4,12-13,15-18H2,(H,29,30,31);1H4. The molecule has 0 atom stereocenters. The SMILES string of the molecule is C.O=C(c1ccc(Nc2nccc(-c3cc4ccccc4s3)n2)cc1)N1CCC(N2CCCC2)CC1. The van der Waals surface area contributed by atoms with Gasteiger partial charge in [0.25, 0.3) is 5.91 Å². The summed E-state index contributed by atoms with van der Waals surface area (Å²) in [6.07, 6.45) is 6.58. The molecule has 6 nitrogen and oxygen atoms in total. The van der Waals surface area contributed by atoms with Crippen LogP contribution < -0.4 is 5.32 Å². The van der Waals surface area contributed by atoms with Crippen LogP contribution in [0, 0.1) is 0 Å². The number of aromatic nitrogens is 2. The van der Waals surface area contributed by atoms with Crippen LogP contribution in [0.25, 0.3) is 20.7 Å². The van der Waals surface area contributed by atoms with Gasteiger partial charge in [-0.25, -0.2) is 9.97 Å². The van der Waals surface area contributed by atoms with Crippen LogP contribution >= 0.6 is 11.3 Å². The van der Waals surface area contributed by atoms with Crippen LogP contribution in [0.3, 0.4) is 0 Å². The van der Waals surface area contributed by atoms with E-state index in [1.165, 1.54) is 36.0 Å². The first-order chi connectivity index (χ1) is 17.2. The molecule has 2 aromatic carbocycles. The van der Waals surface area contributed by atoms with Crippen LogP contribution in [0.4, 0.5) is 11.6 Å². The highest BCUT2D eigenvalue weighted by Crippen LogP contribution is 2.32. The lowest BCUT2D eigenvalue weighted by Gasteiger charge is -2.36. The third-order valence-electron chi connectivity index (χ3n) is 7.13. The Labute approximate surface area is 217 Å². The van der Waals surface area contributed by atoms with Crippen molar-refractivity contribution < 1.29 is 4.79 Å². The number of thiophene rings is 1. The van der Waals surface area contributed by atoms with E-state index >= 15 is 0 Å². The van der Waals surface area contributed by atoms with E-state index < -0.39 is 0 Å². The molecule has 36 heavy (non-hydrogen) atoms. The van der Waals surface area contributed by atoms with Crippen molar-refractivity contribution in [1.29, 1.82) is 0 Å². The van der Waals surface area contributed by atoms with Crippen LogP contribution in [-0.2, 0) is 0 Å². The zero-order valence-electron chi connectivity index (χ0n) is 19.7. The number of fused-ring (bicyclic) bond motifs is 1. The molecule has 6 rings (SSSR count). The molecule has 0 unspecified atom stereocenters. The van der Waals surface area contributed by atoms with Gasteiger partial charge in [0.05, 0.1) is 10.6 Å². The smallest absolute Gasteiger partial charge is 0.253 e. The van der Waals surface area contributed by atoms with Crippen LogP contribution in [0.5, 0.6) is 0 Å². The van der Waals surface area contributed by atoms with Gasteiger partial charge in [0.15, 0.2) is 0 Å². The predicted molar refractivity (Wildman–Crippen MR) is 149 cm³/mol. The molecule has 7 heteroatoms. The van der Waals surface area contributed by atoms with Crippen molar-refractivity contribution in [2.24, 2.45) is 0 Å². The Kier molecular flexibility index (Phi) is 7.30. The lowest BCUT2D eigenvalue weighted by atomic mass is 10.0. The summed E-state index contributed by atoms with van der Waals surface area (Å²) in [4.78, 5) is 27.9. The minimum atomic E-state index is 0. The van der Waals surface area contributed by atoms with Gasteiger partial charge in [-0.2, -0.15) is 0 Å². The summed E-state index contributed by atoms with van der Waals surface area (Å²) >= 11 is 1.73. The Morgan fingerprint density at radius 3 is 2.44 bits per heavy atom. The van der Waals surface area contributed by atoms with Gasteiger partial charge in [-0.1, -0.05) is 25.6 Å². The van der Waals surface area contributed by atoms with Gasteiger partial charge >= 0.3 is 0 Å². The maximum Gasteiger partial charge on any atom is 0.253 e. The maximum atomic E-state index is 13.0. The van der Waals surface area contributed by atoms with Gasteiger partial charge in [0, 0.05) is 41.3 Å². The average Bonchev–Trinajstić information content (AvgIpc) is 3.60. The van der Waals surface area contributed by atoms with Crippen molar-refractivity contribution >= 4 is 39.0 Å². The van der Waals surface area contributed by atoms with Crippen molar-refractivity contribution in [3.63, 3.8) is 0 Å². The molecule has 0 saturated carbocycles. The number of rotatable bonds is 5. The molecule has 4 heterocycles. The van der Waals surface area contributed by atoms with Crippen LogP contribution in [0.15, 0.2) is 66.9 Å². The lowest BCUT2D eigenvalue weighted by Crippen LogP contribution is -2.45. The van der Waals surface area contributed by atoms with Crippen molar-refractivity contribution in [1.82, 2.24) is 19.8 Å². The number of amides is 1. The van der Waals surface area contributed by atoms with Crippen LogP contribution in [-0.4, -0.2) is 57.9 Å². The molecular formula is C29H33N5OS. The Morgan fingerprint density at radius 2 is 1.69 bits per heavy atom. The average molecular weight is 500 g/mol. The molecule has 2 fully saturated rings. The van der Waals surface area contributed by atoms with Gasteiger partial charge in [0.1, 0.15) is 0 Å². The molecule has 1 N–H and O–H groups in total. The van der Waals surface area contributed by atoms with Crippen LogP contribution in [0.2, 0.25) is 0 Å². The molecule has 1 amide bonds. The van der Waals surface area contributed by atoms with Crippen molar-refractivity contribution in [3.05, 3.63) is 72.4 Å². The van der Waals surface area contributed by atoms with Gasteiger partial charge < -0.3 is 15.1 Å². The number of nitrogens with one attached hydrogen (secondary N) is 1. The zero-order chi connectivity index (χ0) is 23.6. The summed E-state index contributed by atoms with van der Waals surface area (Å²) < 4.78 is 1.25. The zero-order valence-corrected chi connectivity index (χ0v) is 20.5. The fourth-order valence-electron chi connectivity index (χ4n) is 5.21. The highest BCUT2D eigenvalue weighted by Gasteiger charge is 2.28. The number of nitrogens with zero attached hydrogens (tertiary/aromatic N) is 4. The lowest BCUT2D eigenvalue weighted by molar-refractivity contribution is 0.0644. The monoisotopic (exact) mass is 499 g/mol. The normalized spacial score (nSPS) is 16.7. The fourth-order valence-corrected chi connectivity index (χ4v) is 6.25. The topological polar surface area (TPSA) is 61.4 Å². The maximum absolute atomic E-state index is 13.0. The van der Waals surface area contributed by atoms with Crippen LogP contribution in [0.1, 0.15) is 43.5 Å². The Morgan fingerprint density at radius 1 is 0.944 bits per heavy atom. The minimum Gasteiger partial charge on any atom is -0.339 e. The van der Waals surface area contributed by atoms with Gasteiger partial charge in [-0.3, -0.25) is 4.79 Å². The van der Waals surface area contributed by atoms with E-state index in [0.29, 0.717) is 12.0 Å². The number of hydrogen-bond acceptors (Lipinski definition) is 6. The number of piperidine rings is 1. The summed E-state index contributed by atoms with van der Waals surface area (Å²) in [5.41, 5.74) is 2.49. The Bertz CT molecular complexity index is 1290. The summed E-state index contributed by atoms with van der Waals surface area (Å²) in [6, 6.07) is 20.8. The number of hydrogen-bond donors (Lipinski definition) is 1. The van der Waals surface area contributed by atoms with Gasteiger partial charge in [0.2, 0.25) is 5.95 Å². The predicted octanol–water partition coefficient (Wildman–Crippen LogP) is 6.44. The Balaban J connectivity index is 0.00000267. The third kappa shape index (κ3) is 5.13. The van der Waals surface area contributed by atoms with E-state index in [4.69, 9.17) is 4.98 Å². The van der Waals surface area contributed by atoms with Gasteiger partial charge in [-0.15, -0.1) is 11.3 Å². The van der Waals surface area contributed by atoms with E-state index in [0.717, 1.165) is 47.8 Å². The first kappa shape index (κ1) is 24.4. The molecule has 0 bridgehead atoms. The number of carbonyl (C=O) groups is 1. The molecule has 186 valence electrons. The molecular weight excluding hydrogens is 466 g/mol. The van der Waals surface area contributed by atoms with Gasteiger partial charge in [-0.05, 0) is 86.6 Å². The third-order valence-corrected chi connectivity index (χ3v) is 8.27. The fraction of sp³-hybridized carbons (Fsp3) is 0.345. The van der Waals surface area contributed by atoms with E-state index in [-0.39, 0.29) is 13.3 Å². The van der Waals surface area contributed by atoms with E-state index in [9.17, 15) is 4.79 Å². The van der Waals surface area contributed by atoms with E-state index in [2.05, 4.69) is 45.5 Å². The molecule has 0 radical (unpaired) electrons. The molecule has 2 saturated heterocycles. The van der Waals surface area contributed by atoms with Crippen molar-refractivity contribution in [2.45, 2.75) is 39.2 Å².